The number of ether oxygens (including phenoxy) is 1. The van der Waals surface area contributed by atoms with E-state index in [1.54, 1.807) is 35.7 Å². The Bertz CT molecular complexity index is 1480. The van der Waals surface area contributed by atoms with Crippen LogP contribution in [0.4, 0.5) is 5.69 Å². The fourth-order valence-corrected chi connectivity index (χ4v) is 4.52. The first-order chi connectivity index (χ1) is 15.8. The largest absolute Gasteiger partial charge is 0.465 e. The second-order valence-electron chi connectivity index (χ2n) is 7.61. The van der Waals surface area contributed by atoms with Gasteiger partial charge in [0, 0.05) is 5.69 Å². The van der Waals surface area contributed by atoms with E-state index in [0.29, 0.717) is 27.2 Å². The molecule has 0 atom stereocenters. The number of amides is 1. The summed E-state index contributed by atoms with van der Waals surface area (Å²) in [5, 5.41) is 4.44. The quantitative estimate of drug-likeness (QED) is 0.458. The van der Waals surface area contributed by atoms with Crippen LogP contribution in [0.2, 0.25) is 0 Å². The molecule has 0 saturated heterocycles. The number of nitrogens with zero attached hydrogens (tertiary/aromatic N) is 2. The Morgan fingerprint density at radius 2 is 1.67 bits per heavy atom. The van der Waals surface area contributed by atoms with Crippen molar-refractivity contribution in [1.82, 2.24) is 9.13 Å². The smallest absolute Gasteiger partial charge is 0.337 e. The first-order valence-electron chi connectivity index (χ1n) is 10.1. The Morgan fingerprint density at radius 1 is 1.00 bits per heavy atom. The van der Waals surface area contributed by atoms with Gasteiger partial charge in [0.25, 0.3) is 5.56 Å². The maximum atomic E-state index is 13.4. The number of benzene rings is 2. The normalized spacial score (nSPS) is 10.9. The van der Waals surface area contributed by atoms with Crippen LogP contribution >= 0.6 is 11.3 Å². The van der Waals surface area contributed by atoms with Crippen molar-refractivity contribution in [3.05, 3.63) is 91.4 Å². The Hall–Kier alpha value is -3.98. The van der Waals surface area contributed by atoms with Gasteiger partial charge in [-0.3, -0.25) is 14.2 Å². The molecule has 0 aliphatic heterocycles. The lowest BCUT2D eigenvalue weighted by Crippen LogP contribution is -2.40. The van der Waals surface area contributed by atoms with Crippen LogP contribution < -0.4 is 16.6 Å². The number of carbonyl (C=O) groups excluding carboxylic acids is 2. The number of hydrogen-bond acceptors (Lipinski definition) is 6. The Balaban J connectivity index is 1.71. The first kappa shape index (κ1) is 22.2. The number of hydrogen-bond donors (Lipinski definition) is 1. The Labute approximate surface area is 192 Å². The van der Waals surface area contributed by atoms with E-state index in [2.05, 4.69) is 10.1 Å². The van der Waals surface area contributed by atoms with Gasteiger partial charge in [0.2, 0.25) is 5.91 Å². The van der Waals surface area contributed by atoms with E-state index in [1.807, 2.05) is 19.9 Å². The van der Waals surface area contributed by atoms with Crippen molar-refractivity contribution in [2.75, 3.05) is 12.4 Å². The molecular weight excluding hydrogens is 442 g/mol. The molecule has 2 aromatic carbocycles. The molecule has 0 aliphatic carbocycles. The number of aromatic nitrogens is 2. The molecule has 0 fully saturated rings. The van der Waals surface area contributed by atoms with E-state index in [1.165, 1.54) is 35.1 Å². The molecule has 4 rings (SSSR count). The molecular formula is C24H21N3O5S. The number of nitrogens with one attached hydrogen (secondary N) is 1. The summed E-state index contributed by atoms with van der Waals surface area (Å²) in [4.78, 5) is 50.8. The molecule has 2 aromatic heterocycles. The van der Waals surface area contributed by atoms with Crippen LogP contribution in [-0.2, 0) is 16.1 Å². The molecule has 1 amide bonds. The van der Waals surface area contributed by atoms with E-state index in [4.69, 9.17) is 0 Å². The third kappa shape index (κ3) is 4.35. The molecule has 0 saturated carbocycles. The molecule has 0 bridgehead atoms. The third-order valence-corrected chi connectivity index (χ3v) is 6.00. The highest BCUT2D eigenvalue weighted by Crippen LogP contribution is 2.18. The summed E-state index contributed by atoms with van der Waals surface area (Å²) in [5.41, 5.74) is 2.52. The molecule has 0 radical (unpaired) electrons. The maximum Gasteiger partial charge on any atom is 0.337 e. The van der Waals surface area contributed by atoms with E-state index in [0.717, 1.165) is 15.7 Å². The maximum absolute atomic E-state index is 13.4. The van der Waals surface area contributed by atoms with Crippen LogP contribution in [0.1, 0.15) is 21.5 Å². The second kappa shape index (κ2) is 8.87. The standard InChI is InChI=1S/C24H21N3O5S/c1-14-10-15(2)12-18(11-14)27-22(29)21-19(8-9-33-21)26(24(27)31)13-20(28)25-17-6-4-16(5-7-17)23(30)32-3/h4-12H,13H2,1-3H3,(H,25,28). The Kier molecular flexibility index (Phi) is 5.97. The van der Waals surface area contributed by atoms with Crippen molar-refractivity contribution in [2.45, 2.75) is 20.4 Å². The van der Waals surface area contributed by atoms with Gasteiger partial charge in [-0.1, -0.05) is 6.07 Å². The van der Waals surface area contributed by atoms with Crippen molar-refractivity contribution in [3.8, 4) is 5.69 Å². The summed E-state index contributed by atoms with van der Waals surface area (Å²) in [6, 6.07) is 13.4. The highest BCUT2D eigenvalue weighted by molar-refractivity contribution is 7.17. The van der Waals surface area contributed by atoms with Crippen LogP contribution in [0.3, 0.4) is 0 Å². The number of methoxy groups -OCH3 is 1. The second-order valence-corrected chi connectivity index (χ2v) is 8.52. The highest BCUT2D eigenvalue weighted by atomic mass is 32.1. The molecule has 168 valence electrons. The predicted molar refractivity (Wildman–Crippen MR) is 128 cm³/mol. The molecule has 0 spiro atoms. The van der Waals surface area contributed by atoms with Gasteiger partial charge < -0.3 is 10.1 Å². The van der Waals surface area contributed by atoms with Crippen molar-refractivity contribution in [1.29, 1.82) is 0 Å². The van der Waals surface area contributed by atoms with Crippen molar-refractivity contribution in [2.24, 2.45) is 0 Å². The fraction of sp³-hybridized carbons (Fsp3) is 0.167. The van der Waals surface area contributed by atoms with Gasteiger partial charge in [-0.2, -0.15) is 0 Å². The van der Waals surface area contributed by atoms with Gasteiger partial charge in [-0.15, -0.1) is 11.3 Å². The van der Waals surface area contributed by atoms with E-state index in [9.17, 15) is 19.2 Å². The molecule has 0 unspecified atom stereocenters. The van der Waals surface area contributed by atoms with Crippen LogP contribution in [0.15, 0.2) is 63.5 Å². The number of thiophene rings is 1. The average molecular weight is 464 g/mol. The number of fused-ring (bicyclic) bond motifs is 1. The fourth-order valence-electron chi connectivity index (χ4n) is 3.70. The zero-order valence-electron chi connectivity index (χ0n) is 18.2. The number of aryl methyl sites for hydroxylation is 2. The van der Waals surface area contributed by atoms with Gasteiger partial charge in [-0.25, -0.2) is 14.2 Å². The van der Waals surface area contributed by atoms with Gasteiger partial charge in [0.15, 0.2) is 0 Å². The lowest BCUT2D eigenvalue weighted by Gasteiger charge is -2.13. The topological polar surface area (TPSA) is 99.4 Å². The number of carbonyl (C=O) groups is 2. The average Bonchev–Trinajstić information content (AvgIpc) is 3.26. The van der Waals surface area contributed by atoms with E-state index < -0.39 is 23.1 Å². The Morgan fingerprint density at radius 3 is 2.30 bits per heavy atom. The van der Waals surface area contributed by atoms with Gasteiger partial charge in [0.1, 0.15) is 11.2 Å². The molecule has 9 heteroatoms. The predicted octanol–water partition coefficient (Wildman–Crippen LogP) is 3.26. The first-order valence-corrected chi connectivity index (χ1v) is 11.0. The summed E-state index contributed by atoms with van der Waals surface area (Å²) >= 11 is 1.22. The molecule has 2 heterocycles. The summed E-state index contributed by atoms with van der Waals surface area (Å²) < 4.78 is 7.46. The van der Waals surface area contributed by atoms with Gasteiger partial charge >= 0.3 is 11.7 Å². The van der Waals surface area contributed by atoms with Gasteiger partial charge in [-0.05, 0) is 72.8 Å². The zero-order valence-corrected chi connectivity index (χ0v) is 19.1. The third-order valence-electron chi connectivity index (χ3n) is 5.11. The van der Waals surface area contributed by atoms with Crippen molar-refractivity contribution in [3.63, 3.8) is 0 Å². The van der Waals surface area contributed by atoms with Crippen LogP contribution in [0, 0.1) is 13.8 Å². The van der Waals surface area contributed by atoms with Crippen LogP contribution in [0.25, 0.3) is 15.9 Å². The number of rotatable bonds is 5. The summed E-state index contributed by atoms with van der Waals surface area (Å²) in [6.45, 7) is 3.50. The molecule has 4 aromatic rings. The van der Waals surface area contributed by atoms with E-state index >= 15 is 0 Å². The molecule has 8 nitrogen and oxygen atoms in total. The lowest BCUT2D eigenvalue weighted by molar-refractivity contribution is -0.116. The molecule has 1 N–H and O–H groups in total. The number of esters is 1. The van der Waals surface area contributed by atoms with E-state index in [-0.39, 0.29) is 6.54 Å². The molecule has 33 heavy (non-hydrogen) atoms. The molecule has 0 aliphatic rings. The summed E-state index contributed by atoms with van der Waals surface area (Å²) in [7, 11) is 1.29. The van der Waals surface area contributed by atoms with Crippen molar-refractivity contribution < 1.29 is 14.3 Å². The summed E-state index contributed by atoms with van der Waals surface area (Å²) in [6.07, 6.45) is 0. The van der Waals surface area contributed by atoms with Crippen LogP contribution in [0.5, 0.6) is 0 Å². The minimum absolute atomic E-state index is 0.282. The zero-order chi connectivity index (χ0) is 23.7. The monoisotopic (exact) mass is 463 g/mol. The van der Waals surface area contributed by atoms with Crippen molar-refractivity contribution >= 4 is 39.1 Å². The summed E-state index contributed by atoms with van der Waals surface area (Å²) in [5.74, 6) is -0.922. The lowest BCUT2D eigenvalue weighted by atomic mass is 10.1. The highest BCUT2D eigenvalue weighted by Gasteiger charge is 2.18. The minimum atomic E-state index is -0.591. The SMILES string of the molecule is COC(=O)c1ccc(NC(=O)Cn2c(=O)n(-c3cc(C)cc(C)c3)c(=O)c3sccc32)cc1. The minimum Gasteiger partial charge on any atom is -0.465 e. The van der Waals surface area contributed by atoms with Gasteiger partial charge in [0.05, 0.1) is 23.9 Å². The number of anilines is 1. The van der Waals surface area contributed by atoms with Crippen LogP contribution in [-0.4, -0.2) is 28.1 Å².